The van der Waals surface area contributed by atoms with Crippen molar-refractivity contribution >= 4 is 22.2 Å². The van der Waals surface area contributed by atoms with E-state index in [0.717, 1.165) is 7.06 Å². The van der Waals surface area contributed by atoms with Crippen molar-refractivity contribution in [3.63, 3.8) is 0 Å². The van der Waals surface area contributed by atoms with Crippen LogP contribution in [0, 0.1) is 0 Å². The van der Waals surface area contributed by atoms with Gasteiger partial charge in [-0.05, 0) is 7.74 Å². The van der Waals surface area contributed by atoms with Crippen molar-refractivity contribution in [2.75, 3.05) is 0 Å². The minimum Gasteiger partial charge on any atom is -0.609 e. The van der Waals surface area contributed by atoms with Crippen molar-refractivity contribution in [1.82, 2.24) is 0 Å². The van der Waals surface area contributed by atoms with Gasteiger partial charge in [0.25, 0.3) is 0 Å². The molecular weight excluding hydrogens is 58.4 g/mol. The summed E-state index contributed by atoms with van der Waals surface area (Å²) < 4.78 is 10.4. The molecule has 0 aliphatic carbocycles. The molecule has 17 valence electrons. The Balaban J connectivity index is 0. The molecule has 0 aromatic carbocycles. The maximum Gasteiger partial charge on any atom is 1.00 e. The number of halogens is 1. The first-order valence-electron chi connectivity index (χ1n) is 0.885. The zero-order valence-electron chi connectivity index (χ0n) is 3.11. The van der Waals surface area contributed by atoms with E-state index in [1.54, 1.807) is 0 Å². The fourth-order valence-electron chi connectivity index (χ4n) is 0. The van der Waals surface area contributed by atoms with Crippen LogP contribution in [-0.4, -0.2) is 22.2 Å². The summed E-state index contributed by atoms with van der Waals surface area (Å²) in [6.07, 6.45) is 0. The molecular formula is B3FLi. The van der Waals surface area contributed by atoms with E-state index in [-0.39, 0.29) is 26.3 Å². The Kier molecular flexibility index (Phi) is 16.3. The Bertz CT molecular complexity index is 8.85. The van der Waals surface area contributed by atoms with Crippen LogP contribution in [0.1, 0.15) is 0 Å². The van der Waals surface area contributed by atoms with Crippen LogP contribution >= 0.6 is 0 Å². The molecule has 0 aliphatic rings. The fraction of sp³-hybridized carbons (Fsp3) is 0. The molecule has 0 saturated heterocycles. The summed E-state index contributed by atoms with van der Waals surface area (Å²) in [5.41, 5.74) is 0. The molecule has 0 atom stereocenters. The summed E-state index contributed by atoms with van der Waals surface area (Å²) in [5, 5.41) is 0. The van der Waals surface area contributed by atoms with Crippen molar-refractivity contribution < 1.29 is 23.2 Å². The number of hydrogen-bond acceptors (Lipinski definition) is 0. The third-order valence-electron chi connectivity index (χ3n) is 0.0727. The van der Waals surface area contributed by atoms with Gasteiger partial charge < -0.3 is 4.32 Å². The maximum absolute atomic E-state index is 10.4. The van der Waals surface area contributed by atoms with E-state index in [1.165, 1.54) is 0 Å². The summed E-state index contributed by atoms with van der Waals surface area (Å²) in [5.74, 6) is 0. The quantitative estimate of drug-likeness (QED) is 0.272. The van der Waals surface area contributed by atoms with Gasteiger partial charge in [-0.2, -0.15) is 14.5 Å². The normalized spacial score (nSPS) is 5.00. The molecule has 5 heavy (non-hydrogen) atoms. The Morgan fingerprint density at radius 3 is 2.00 bits per heavy atom. The van der Waals surface area contributed by atoms with E-state index in [9.17, 15) is 4.32 Å². The summed E-state index contributed by atoms with van der Waals surface area (Å²) >= 11 is 0. The first-order chi connectivity index (χ1) is 1.91. The van der Waals surface area contributed by atoms with Crippen LogP contribution in [0.25, 0.3) is 0 Å². The van der Waals surface area contributed by atoms with Crippen molar-refractivity contribution in [3.8, 4) is 0 Å². The molecule has 0 spiro atoms. The molecule has 0 saturated carbocycles. The van der Waals surface area contributed by atoms with Gasteiger partial charge in [-0.15, -0.1) is 0 Å². The molecule has 0 rings (SSSR count). The molecule has 0 aliphatic heterocycles. The Morgan fingerprint density at radius 1 is 1.80 bits per heavy atom. The topological polar surface area (TPSA) is 0 Å². The SMILES string of the molecule is [B][B][B-]F.[Li+]. The van der Waals surface area contributed by atoms with Crippen LogP contribution in [0.15, 0.2) is 0 Å². The smallest absolute Gasteiger partial charge is 0.609 e. The van der Waals surface area contributed by atoms with Gasteiger partial charge in [-0.3, -0.25) is 0 Å². The third kappa shape index (κ3) is 11.8. The van der Waals surface area contributed by atoms with Crippen LogP contribution in [0.3, 0.4) is 0 Å². The fourth-order valence-corrected chi connectivity index (χ4v) is 0. The molecule has 0 aromatic heterocycles. The second-order valence-electron chi connectivity index (χ2n) is 0.318. The van der Waals surface area contributed by atoms with E-state index in [2.05, 4.69) is 7.74 Å². The third-order valence-corrected chi connectivity index (χ3v) is 0.0727. The molecule has 0 N–H and O–H groups in total. The zero-order chi connectivity index (χ0) is 3.41. The molecule has 5 heteroatoms. The maximum atomic E-state index is 10.4. The second-order valence-corrected chi connectivity index (χ2v) is 0.318. The van der Waals surface area contributed by atoms with Crippen LogP contribution in [0.2, 0.25) is 0 Å². The summed E-state index contributed by atoms with van der Waals surface area (Å²) in [6.45, 7) is 0. The van der Waals surface area contributed by atoms with Crippen molar-refractivity contribution in [2.45, 2.75) is 0 Å². The van der Waals surface area contributed by atoms with E-state index < -0.39 is 0 Å². The molecule has 0 amide bonds. The predicted octanol–water partition coefficient (Wildman–Crippen LogP) is -3.72. The summed E-state index contributed by atoms with van der Waals surface area (Å²) in [7, 11) is 5.58. The Morgan fingerprint density at radius 2 is 2.00 bits per heavy atom. The molecule has 5 radical (unpaired) electrons. The van der Waals surface area contributed by atoms with Gasteiger partial charge in [-0.1, -0.05) is 0 Å². The largest absolute Gasteiger partial charge is 1.00 e. The van der Waals surface area contributed by atoms with E-state index in [4.69, 9.17) is 0 Å². The molecule has 0 nitrogen and oxygen atoms in total. The Labute approximate surface area is 46.0 Å². The molecule has 0 bridgehead atoms. The van der Waals surface area contributed by atoms with Crippen molar-refractivity contribution in [1.29, 1.82) is 0 Å². The van der Waals surface area contributed by atoms with Gasteiger partial charge in [0.1, 0.15) is 0 Å². The van der Waals surface area contributed by atoms with Gasteiger partial charge in [-0.25, -0.2) is 0 Å². The van der Waals surface area contributed by atoms with Crippen molar-refractivity contribution in [3.05, 3.63) is 0 Å². The average Bonchev–Trinajstić information content (AvgIpc) is 1.37. The minimum atomic E-state index is 0. The minimum absolute atomic E-state index is 0. The van der Waals surface area contributed by atoms with Gasteiger partial charge >= 0.3 is 18.9 Å². The summed E-state index contributed by atoms with van der Waals surface area (Å²) in [6, 6.07) is 0. The first kappa shape index (κ1) is 9.21. The van der Waals surface area contributed by atoms with Crippen LogP contribution in [0.5, 0.6) is 0 Å². The van der Waals surface area contributed by atoms with E-state index >= 15 is 0 Å². The van der Waals surface area contributed by atoms with Gasteiger partial charge in [0.2, 0.25) is 0 Å². The average molecular weight is 58.4 g/mol. The van der Waals surface area contributed by atoms with Crippen molar-refractivity contribution in [2.24, 2.45) is 0 Å². The number of rotatable bonds is 1. The summed E-state index contributed by atoms with van der Waals surface area (Å²) in [4.78, 5) is 0. The standard InChI is InChI=1S/B3F.Li/c1-2-3-4;/q-1;+1. The molecule has 0 aromatic rings. The second kappa shape index (κ2) is 8.83. The van der Waals surface area contributed by atoms with Gasteiger partial charge in [0.15, 0.2) is 0 Å². The van der Waals surface area contributed by atoms with Crippen LogP contribution in [-0.2, 0) is 0 Å². The zero-order valence-corrected chi connectivity index (χ0v) is 3.11. The predicted molar refractivity (Wildman–Crippen MR) is 18.4 cm³/mol. The van der Waals surface area contributed by atoms with E-state index in [1.807, 2.05) is 0 Å². The molecule has 0 unspecified atom stereocenters. The Hall–Kier alpha value is 0.722. The van der Waals surface area contributed by atoms with Gasteiger partial charge in [0, 0.05) is 0 Å². The number of hydrogen-bond donors (Lipinski definition) is 0. The van der Waals surface area contributed by atoms with Gasteiger partial charge in [0.05, 0.1) is 0 Å². The molecule has 0 fully saturated rings. The monoisotopic (exact) mass is 59.0 g/mol. The van der Waals surface area contributed by atoms with Crippen LogP contribution < -0.4 is 18.9 Å². The van der Waals surface area contributed by atoms with Crippen LogP contribution in [0.4, 0.5) is 4.32 Å². The first-order valence-corrected chi connectivity index (χ1v) is 0.885. The molecule has 0 heterocycles. The van der Waals surface area contributed by atoms with E-state index in [0.29, 0.717) is 0 Å².